The van der Waals surface area contributed by atoms with Crippen LogP contribution in [0.1, 0.15) is 32.1 Å². The number of hydrogen-bond donors (Lipinski definition) is 1. The molecule has 1 N–H and O–H groups in total. The molecule has 1 saturated heterocycles. The predicted octanol–water partition coefficient (Wildman–Crippen LogP) is 1.24. The van der Waals surface area contributed by atoms with Crippen LogP contribution >= 0.6 is 0 Å². The maximum Gasteiger partial charge on any atom is 0.225 e. The van der Waals surface area contributed by atoms with Crippen molar-refractivity contribution in [2.75, 3.05) is 26.7 Å². The van der Waals surface area contributed by atoms with Gasteiger partial charge in [-0.2, -0.15) is 0 Å². The second-order valence-electron chi connectivity index (χ2n) is 5.04. The summed E-state index contributed by atoms with van der Waals surface area (Å²) < 4.78 is 0. The molecule has 2 aliphatic rings. The molecule has 0 bridgehead atoms. The average Bonchev–Trinajstić information content (AvgIpc) is 2.63. The van der Waals surface area contributed by atoms with Gasteiger partial charge in [0.1, 0.15) is 0 Å². The molecule has 2 rings (SSSR count). The molecule has 1 amide bonds. The van der Waals surface area contributed by atoms with E-state index in [-0.39, 0.29) is 0 Å². The molecule has 1 atom stereocenters. The van der Waals surface area contributed by atoms with E-state index in [1.807, 2.05) is 11.9 Å². The summed E-state index contributed by atoms with van der Waals surface area (Å²) in [5.74, 6) is 1.53. The quantitative estimate of drug-likeness (QED) is 0.757. The van der Waals surface area contributed by atoms with Crippen molar-refractivity contribution in [1.29, 1.82) is 0 Å². The predicted molar refractivity (Wildman–Crippen MR) is 60.6 cm³/mol. The van der Waals surface area contributed by atoms with E-state index in [4.69, 9.17) is 0 Å². The molecule has 0 aromatic carbocycles. The highest BCUT2D eigenvalue weighted by molar-refractivity contribution is 5.79. The van der Waals surface area contributed by atoms with Crippen LogP contribution in [-0.2, 0) is 4.79 Å². The number of amides is 1. The molecule has 1 saturated carbocycles. The molecule has 86 valence electrons. The molecule has 2 fully saturated rings. The van der Waals surface area contributed by atoms with Crippen molar-refractivity contribution in [2.24, 2.45) is 11.8 Å². The zero-order valence-corrected chi connectivity index (χ0v) is 9.67. The Morgan fingerprint density at radius 1 is 1.40 bits per heavy atom. The van der Waals surface area contributed by atoms with Crippen molar-refractivity contribution < 1.29 is 4.79 Å². The van der Waals surface area contributed by atoms with Gasteiger partial charge in [-0.05, 0) is 44.7 Å². The lowest BCUT2D eigenvalue weighted by Crippen LogP contribution is -2.37. The first-order valence-corrected chi connectivity index (χ1v) is 6.23. The van der Waals surface area contributed by atoms with Crippen LogP contribution in [0.2, 0.25) is 0 Å². The number of rotatable bonds is 4. The van der Waals surface area contributed by atoms with Gasteiger partial charge in [0.15, 0.2) is 0 Å². The lowest BCUT2D eigenvalue weighted by Gasteiger charge is -2.29. The Balaban J connectivity index is 1.66. The summed E-state index contributed by atoms with van der Waals surface area (Å²) in [4.78, 5) is 13.8. The fraction of sp³-hybridized carbons (Fsp3) is 0.917. The molecule has 3 heteroatoms. The van der Waals surface area contributed by atoms with Crippen molar-refractivity contribution in [2.45, 2.75) is 32.1 Å². The maximum absolute atomic E-state index is 11.8. The Morgan fingerprint density at radius 2 is 2.20 bits per heavy atom. The van der Waals surface area contributed by atoms with Gasteiger partial charge in [-0.3, -0.25) is 4.79 Å². The third kappa shape index (κ3) is 2.71. The van der Waals surface area contributed by atoms with Crippen molar-refractivity contribution in [3.05, 3.63) is 0 Å². The molecule has 0 radical (unpaired) electrons. The number of nitrogens with one attached hydrogen (secondary N) is 1. The van der Waals surface area contributed by atoms with Crippen LogP contribution in [0.25, 0.3) is 0 Å². The van der Waals surface area contributed by atoms with E-state index in [0.29, 0.717) is 11.8 Å². The Morgan fingerprint density at radius 3 is 2.73 bits per heavy atom. The van der Waals surface area contributed by atoms with Crippen LogP contribution in [0, 0.1) is 11.8 Å². The molecule has 15 heavy (non-hydrogen) atoms. The molecule has 0 aromatic heterocycles. The Kier molecular flexibility index (Phi) is 3.62. The van der Waals surface area contributed by atoms with E-state index in [0.717, 1.165) is 38.4 Å². The first kappa shape index (κ1) is 10.9. The number of nitrogens with zero attached hydrogens (tertiary/aromatic N) is 1. The molecule has 3 nitrogen and oxygen atoms in total. The zero-order chi connectivity index (χ0) is 10.7. The maximum atomic E-state index is 11.8. The van der Waals surface area contributed by atoms with Crippen molar-refractivity contribution in [1.82, 2.24) is 10.2 Å². The largest absolute Gasteiger partial charge is 0.346 e. The van der Waals surface area contributed by atoms with Gasteiger partial charge in [-0.1, -0.05) is 6.42 Å². The molecule has 0 aromatic rings. The summed E-state index contributed by atoms with van der Waals surface area (Å²) in [6.07, 6.45) is 5.94. The zero-order valence-electron chi connectivity index (χ0n) is 9.67. The normalized spacial score (nSPS) is 26.3. The van der Waals surface area contributed by atoms with Crippen LogP contribution in [0.15, 0.2) is 0 Å². The summed E-state index contributed by atoms with van der Waals surface area (Å²) in [6.45, 7) is 3.25. The van der Waals surface area contributed by atoms with Crippen LogP contribution < -0.4 is 5.32 Å². The van der Waals surface area contributed by atoms with E-state index in [1.165, 1.54) is 19.3 Å². The van der Waals surface area contributed by atoms with Crippen molar-refractivity contribution in [3.8, 4) is 0 Å². The average molecular weight is 210 g/mol. The Bertz CT molecular complexity index is 220. The van der Waals surface area contributed by atoms with E-state index < -0.39 is 0 Å². The topological polar surface area (TPSA) is 32.3 Å². The van der Waals surface area contributed by atoms with Gasteiger partial charge >= 0.3 is 0 Å². The SMILES string of the molecule is CN(CCC1CCNC1)C(=O)C1CCC1. The first-order valence-electron chi connectivity index (χ1n) is 6.23. The minimum atomic E-state index is 0.358. The van der Waals surface area contributed by atoms with E-state index in [1.54, 1.807) is 0 Å². The first-order chi connectivity index (χ1) is 7.27. The highest BCUT2D eigenvalue weighted by Crippen LogP contribution is 2.28. The molecule has 1 heterocycles. The van der Waals surface area contributed by atoms with Gasteiger partial charge in [0, 0.05) is 19.5 Å². The number of carbonyl (C=O) groups excluding carboxylic acids is 1. The van der Waals surface area contributed by atoms with Gasteiger partial charge in [-0.15, -0.1) is 0 Å². The minimum Gasteiger partial charge on any atom is -0.346 e. The van der Waals surface area contributed by atoms with Crippen LogP contribution in [-0.4, -0.2) is 37.5 Å². The lowest BCUT2D eigenvalue weighted by molar-refractivity contribution is -0.136. The van der Waals surface area contributed by atoms with Crippen LogP contribution in [0.5, 0.6) is 0 Å². The monoisotopic (exact) mass is 210 g/mol. The highest BCUT2D eigenvalue weighted by atomic mass is 16.2. The summed E-state index contributed by atoms with van der Waals surface area (Å²) in [5.41, 5.74) is 0. The van der Waals surface area contributed by atoms with Gasteiger partial charge in [0.2, 0.25) is 5.91 Å². The van der Waals surface area contributed by atoms with Crippen LogP contribution in [0.3, 0.4) is 0 Å². The molecule has 1 aliphatic carbocycles. The van der Waals surface area contributed by atoms with Crippen molar-refractivity contribution >= 4 is 5.91 Å². The molecule has 1 aliphatic heterocycles. The van der Waals surface area contributed by atoms with E-state index >= 15 is 0 Å². The minimum absolute atomic E-state index is 0.358. The molecule has 0 spiro atoms. The standard InChI is InChI=1S/C12H22N2O/c1-14(12(15)11-3-2-4-11)8-6-10-5-7-13-9-10/h10-11,13H,2-9H2,1H3. The number of hydrogen-bond acceptors (Lipinski definition) is 2. The summed E-state index contributed by atoms with van der Waals surface area (Å²) in [6, 6.07) is 0. The van der Waals surface area contributed by atoms with Gasteiger partial charge in [-0.25, -0.2) is 0 Å². The summed E-state index contributed by atoms with van der Waals surface area (Å²) >= 11 is 0. The molecule has 1 unspecified atom stereocenters. The second-order valence-corrected chi connectivity index (χ2v) is 5.04. The lowest BCUT2D eigenvalue weighted by atomic mass is 9.84. The number of carbonyl (C=O) groups is 1. The third-order valence-electron chi connectivity index (χ3n) is 3.87. The highest BCUT2D eigenvalue weighted by Gasteiger charge is 2.28. The van der Waals surface area contributed by atoms with Gasteiger partial charge in [0.05, 0.1) is 0 Å². The van der Waals surface area contributed by atoms with Gasteiger partial charge < -0.3 is 10.2 Å². The smallest absolute Gasteiger partial charge is 0.225 e. The second kappa shape index (κ2) is 4.97. The molecular formula is C12H22N2O. The van der Waals surface area contributed by atoms with Gasteiger partial charge in [0.25, 0.3) is 0 Å². The fourth-order valence-corrected chi connectivity index (χ4v) is 2.41. The van der Waals surface area contributed by atoms with Crippen molar-refractivity contribution in [3.63, 3.8) is 0 Å². The Hall–Kier alpha value is -0.570. The molecular weight excluding hydrogens is 188 g/mol. The van der Waals surface area contributed by atoms with E-state index in [9.17, 15) is 4.79 Å². The van der Waals surface area contributed by atoms with E-state index in [2.05, 4.69) is 5.32 Å². The fourth-order valence-electron chi connectivity index (χ4n) is 2.41. The summed E-state index contributed by atoms with van der Waals surface area (Å²) in [7, 11) is 1.96. The Labute approximate surface area is 92.2 Å². The third-order valence-corrected chi connectivity index (χ3v) is 3.87. The summed E-state index contributed by atoms with van der Waals surface area (Å²) in [5, 5.41) is 3.37. The van der Waals surface area contributed by atoms with Crippen LogP contribution in [0.4, 0.5) is 0 Å².